The molecule has 1 atom stereocenters. The highest BCUT2D eigenvalue weighted by Crippen LogP contribution is 2.36. The molecule has 0 aromatic heterocycles. The summed E-state index contributed by atoms with van der Waals surface area (Å²) in [5, 5.41) is 0.558. The Labute approximate surface area is 141 Å². The highest BCUT2D eigenvalue weighted by atomic mass is 35.5. The number of carbonyl (C=O) groups is 2. The maximum absolute atomic E-state index is 12.9. The Morgan fingerprint density at radius 3 is 2.57 bits per heavy atom. The molecule has 0 spiro atoms. The van der Waals surface area contributed by atoms with Crippen LogP contribution in [0.4, 0.5) is 5.69 Å². The summed E-state index contributed by atoms with van der Waals surface area (Å²) in [6.45, 7) is 3.78. The highest BCUT2D eigenvalue weighted by molar-refractivity contribution is 6.32. The number of imide groups is 1. The lowest BCUT2D eigenvalue weighted by Gasteiger charge is -2.27. The van der Waals surface area contributed by atoms with E-state index in [2.05, 4.69) is 0 Å². The predicted octanol–water partition coefficient (Wildman–Crippen LogP) is 1.36. The van der Waals surface area contributed by atoms with Crippen molar-refractivity contribution in [2.24, 2.45) is 0 Å². The number of benzene rings is 1. The summed E-state index contributed by atoms with van der Waals surface area (Å²) in [6, 6.07) is 3.15. The van der Waals surface area contributed by atoms with Crippen LogP contribution in [0.15, 0.2) is 12.1 Å². The Morgan fingerprint density at radius 1 is 1.22 bits per heavy atom. The van der Waals surface area contributed by atoms with Gasteiger partial charge in [-0.2, -0.15) is 0 Å². The van der Waals surface area contributed by atoms with Gasteiger partial charge in [-0.1, -0.05) is 11.6 Å². The number of hydrogen-bond acceptors (Lipinski definition) is 3. The molecule has 1 N–H and O–H groups in total. The van der Waals surface area contributed by atoms with Crippen molar-refractivity contribution in [3.05, 3.63) is 22.7 Å². The van der Waals surface area contributed by atoms with Crippen molar-refractivity contribution in [3.8, 4) is 5.75 Å². The fraction of sp³-hybridized carbons (Fsp3) is 0.529. The fourth-order valence-corrected chi connectivity index (χ4v) is 3.70. The molecule has 0 aliphatic carbocycles. The normalized spacial score (nSPS) is 22.7. The number of aryl methyl sites for hydroxylation is 1. The van der Waals surface area contributed by atoms with Crippen LogP contribution < -0.4 is 14.5 Å². The first-order chi connectivity index (χ1) is 11.0. The molecule has 2 fully saturated rings. The number of piperidine rings is 1. The van der Waals surface area contributed by atoms with E-state index in [1.807, 2.05) is 6.92 Å². The van der Waals surface area contributed by atoms with Gasteiger partial charge in [0.25, 0.3) is 5.91 Å². The Kier molecular flexibility index (Phi) is 4.60. The first kappa shape index (κ1) is 16.3. The number of quaternary nitrogens is 1. The van der Waals surface area contributed by atoms with Gasteiger partial charge < -0.3 is 9.64 Å². The van der Waals surface area contributed by atoms with E-state index in [1.165, 1.54) is 23.3 Å². The zero-order chi connectivity index (χ0) is 16.6. The van der Waals surface area contributed by atoms with Crippen LogP contribution in [0.5, 0.6) is 5.75 Å². The first-order valence-electron chi connectivity index (χ1n) is 8.08. The number of halogens is 1. The smallest absolute Gasteiger partial charge is 0.292 e. The van der Waals surface area contributed by atoms with Crippen LogP contribution >= 0.6 is 11.6 Å². The largest absolute Gasteiger partial charge is 0.495 e. The number of nitrogens with zero attached hydrogens (tertiary/aromatic N) is 1. The number of ether oxygens (including phenoxy) is 1. The van der Waals surface area contributed by atoms with E-state index >= 15 is 0 Å². The molecule has 1 aromatic rings. The van der Waals surface area contributed by atoms with Crippen LogP contribution in [0.1, 0.15) is 31.2 Å². The van der Waals surface area contributed by atoms with Crippen LogP contribution in [0.2, 0.25) is 5.02 Å². The number of hydrogen-bond donors (Lipinski definition) is 1. The number of likely N-dealkylation sites (tertiary alicyclic amines) is 1. The summed E-state index contributed by atoms with van der Waals surface area (Å²) in [7, 11) is 1.52. The SMILES string of the molecule is COc1cc(Cl)c(C)cc1N1C(=O)C[C@@H]([NH+]2CCCCC2)C1=O. The molecule has 0 saturated carbocycles. The van der Waals surface area contributed by atoms with E-state index in [-0.39, 0.29) is 24.3 Å². The van der Waals surface area contributed by atoms with Crippen LogP contribution in [-0.4, -0.2) is 38.1 Å². The lowest BCUT2D eigenvalue weighted by atomic mass is 10.1. The zero-order valence-electron chi connectivity index (χ0n) is 13.5. The standard InChI is InChI=1S/C17H21ClN2O3/c1-11-8-13(15(23-2)9-12(11)18)20-16(21)10-14(17(20)22)19-6-4-3-5-7-19/h8-9,14H,3-7,10H2,1-2H3/p+1/t14-/m1/s1. The third kappa shape index (κ3) is 2.95. The first-order valence-corrected chi connectivity index (χ1v) is 8.46. The molecule has 23 heavy (non-hydrogen) atoms. The maximum atomic E-state index is 12.9. The Morgan fingerprint density at radius 2 is 1.91 bits per heavy atom. The molecular weight excluding hydrogens is 316 g/mol. The van der Waals surface area contributed by atoms with Gasteiger partial charge in [0.1, 0.15) is 5.75 Å². The molecule has 0 radical (unpaired) electrons. The van der Waals surface area contributed by atoms with Gasteiger partial charge in [-0.3, -0.25) is 9.59 Å². The molecule has 2 aliphatic heterocycles. The molecule has 2 saturated heterocycles. The van der Waals surface area contributed by atoms with Crippen molar-refractivity contribution in [1.82, 2.24) is 0 Å². The van der Waals surface area contributed by atoms with Crippen LogP contribution in [0, 0.1) is 6.92 Å². The van der Waals surface area contributed by atoms with Gasteiger partial charge in [0.2, 0.25) is 5.91 Å². The van der Waals surface area contributed by atoms with Crippen molar-refractivity contribution in [1.29, 1.82) is 0 Å². The second kappa shape index (κ2) is 6.49. The fourth-order valence-electron chi connectivity index (χ4n) is 3.54. The Hall–Kier alpha value is -1.59. The highest BCUT2D eigenvalue weighted by Gasteiger charge is 2.46. The molecule has 6 heteroatoms. The van der Waals surface area contributed by atoms with Crippen molar-refractivity contribution in [3.63, 3.8) is 0 Å². The average molecular weight is 338 g/mol. The minimum atomic E-state index is -0.261. The number of methoxy groups -OCH3 is 1. The molecule has 2 heterocycles. The van der Waals surface area contributed by atoms with Crippen molar-refractivity contribution < 1.29 is 19.2 Å². The van der Waals surface area contributed by atoms with E-state index < -0.39 is 0 Å². The molecule has 2 amide bonds. The van der Waals surface area contributed by atoms with E-state index in [4.69, 9.17) is 16.3 Å². The summed E-state index contributed by atoms with van der Waals surface area (Å²) in [5.74, 6) is 0.182. The minimum Gasteiger partial charge on any atom is -0.495 e. The number of rotatable bonds is 3. The van der Waals surface area contributed by atoms with E-state index in [0.717, 1.165) is 31.5 Å². The number of amides is 2. The third-order valence-electron chi connectivity index (χ3n) is 4.84. The van der Waals surface area contributed by atoms with Crippen LogP contribution in [0.3, 0.4) is 0 Å². The summed E-state index contributed by atoms with van der Waals surface area (Å²) < 4.78 is 5.33. The maximum Gasteiger partial charge on any atom is 0.292 e. The van der Waals surface area contributed by atoms with Gasteiger partial charge in [0.05, 0.1) is 32.3 Å². The molecule has 124 valence electrons. The number of nitrogens with one attached hydrogen (secondary N) is 1. The quantitative estimate of drug-likeness (QED) is 0.847. The van der Waals surface area contributed by atoms with Crippen LogP contribution in [0.25, 0.3) is 0 Å². The van der Waals surface area contributed by atoms with Gasteiger partial charge in [0.15, 0.2) is 6.04 Å². The van der Waals surface area contributed by atoms with Crippen molar-refractivity contribution >= 4 is 29.1 Å². The van der Waals surface area contributed by atoms with Gasteiger partial charge in [-0.25, -0.2) is 4.90 Å². The zero-order valence-corrected chi connectivity index (χ0v) is 14.3. The molecule has 0 unspecified atom stereocenters. The second-order valence-electron chi connectivity index (χ2n) is 6.32. The van der Waals surface area contributed by atoms with E-state index in [1.54, 1.807) is 12.1 Å². The minimum absolute atomic E-state index is 0.119. The predicted molar refractivity (Wildman–Crippen MR) is 88.2 cm³/mol. The lowest BCUT2D eigenvalue weighted by Crippen LogP contribution is -3.17. The third-order valence-corrected chi connectivity index (χ3v) is 5.24. The Bertz CT molecular complexity index is 641. The Balaban J connectivity index is 1.92. The van der Waals surface area contributed by atoms with Crippen molar-refractivity contribution in [2.45, 2.75) is 38.6 Å². The van der Waals surface area contributed by atoms with Gasteiger partial charge in [0, 0.05) is 11.1 Å². The summed E-state index contributed by atoms with van der Waals surface area (Å²) in [4.78, 5) is 27.9. The second-order valence-corrected chi connectivity index (χ2v) is 6.72. The summed E-state index contributed by atoms with van der Waals surface area (Å²) in [5.41, 5.74) is 1.32. The molecule has 3 rings (SSSR count). The number of carbonyl (C=O) groups excluding carboxylic acids is 2. The lowest BCUT2D eigenvalue weighted by molar-refractivity contribution is -0.919. The van der Waals surface area contributed by atoms with Gasteiger partial charge in [-0.05, 0) is 37.8 Å². The molecule has 0 bridgehead atoms. The summed E-state index contributed by atoms with van der Waals surface area (Å²) >= 11 is 6.12. The summed E-state index contributed by atoms with van der Waals surface area (Å²) in [6.07, 6.45) is 3.73. The molecule has 1 aromatic carbocycles. The monoisotopic (exact) mass is 337 g/mol. The van der Waals surface area contributed by atoms with Gasteiger partial charge in [-0.15, -0.1) is 0 Å². The van der Waals surface area contributed by atoms with E-state index in [9.17, 15) is 9.59 Å². The molecule has 5 nitrogen and oxygen atoms in total. The average Bonchev–Trinajstić information content (AvgIpc) is 2.85. The topological polar surface area (TPSA) is 51.0 Å². The van der Waals surface area contributed by atoms with Gasteiger partial charge >= 0.3 is 0 Å². The number of anilines is 1. The molecule has 2 aliphatic rings. The van der Waals surface area contributed by atoms with Crippen molar-refractivity contribution in [2.75, 3.05) is 25.1 Å². The van der Waals surface area contributed by atoms with E-state index in [0.29, 0.717) is 16.5 Å². The molecular formula is C17H22ClN2O3+. The van der Waals surface area contributed by atoms with Crippen LogP contribution in [-0.2, 0) is 9.59 Å².